The lowest BCUT2D eigenvalue weighted by Crippen LogP contribution is -2.11. The number of carbonyl (C=O) groups is 2. The van der Waals surface area contributed by atoms with Crippen LogP contribution >= 0.6 is 22.9 Å². The van der Waals surface area contributed by atoms with Crippen molar-refractivity contribution in [2.24, 2.45) is 0 Å². The number of thiophene rings is 1. The van der Waals surface area contributed by atoms with Crippen LogP contribution in [-0.2, 0) is 4.74 Å². The van der Waals surface area contributed by atoms with E-state index >= 15 is 0 Å². The Balaban J connectivity index is 2.18. The zero-order valence-electron chi connectivity index (χ0n) is 9.98. The molecule has 1 heterocycles. The molecule has 0 spiro atoms. The fourth-order valence-corrected chi connectivity index (χ4v) is 2.52. The third-order valence-electron chi connectivity index (χ3n) is 2.36. The van der Waals surface area contributed by atoms with E-state index < -0.39 is 5.97 Å². The van der Waals surface area contributed by atoms with Crippen molar-refractivity contribution in [3.63, 3.8) is 0 Å². The minimum absolute atomic E-state index is 0.304. The van der Waals surface area contributed by atoms with Crippen LogP contribution in [-0.4, -0.2) is 19.0 Å². The highest BCUT2D eigenvalue weighted by Gasteiger charge is 2.13. The standard InChI is InChI=1S/C13H10ClNO3S/c1-18-13(17)8-3-2-4-9(7-8)15-12(16)11-10(14)5-6-19-11/h2-7H,1H3,(H,15,16). The lowest BCUT2D eigenvalue weighted by molar-refractivity contribution is 0.0600. The van der Waals surface area contributed by atoms with Crippen LogP contribution in [0.2, 0.25) is 5.02 Å². The zero-order chi connectivity index (χ0) is 13.8. The molecule has 0 bridgehead atoms. The molecule has 1 aromatic heterocycles. The summed E-state index contributed by atoms with van der Waals surface area (Å²) in [7, 11) is 1.30. The monoisotopic (exact) mass is 295 g/mol. The van der Waals surface area contributed by atoms with E-state index in [1.807, 2.05) is 0 Å². The van der Waals surface area contributed by atoms with Crippen molar-refractivity contribution in [1.29, 1.82) is 0 Å². The lowest BCUT2D eigenvalue weighted by Gasteiger charge is -2.06. The molecular weight excluding hydrogens is 286 g/mol. The second kappa shape index (κ2) is 5.86. The second-order valence-corrected chi connectivity index (χ2v) is 4.95. The van der Waals surface area contributed by atoms with Crippen LogP contribution in [0, 0.1) is 0 Å². The van der Waals surface area contributed by atoms with Crippen LogP contribution in [0.3, 0.4) is 0 Å². The second-order valence-electron chi connectivity index (χ2n) is 3.62. The van der Waals surface area contributed by atoms with Crippen LogP contribution in [0.1, 0.15) is 20.0 Å². The van der Waals surface area contributed by atoms with Gasteiger partial charge in [-0.05, 0) is 29.6 Å². The number of methoxy groups -OCH3 is 1. The van der Waals surface area contributed by atoms with E-state index in [9.17, 15) is 9.59 Å². The number of nitrogens with one attached hydrogen (secondary N) is 1. The molecule has 2 rings (SSSR count). The fourth-order valence-electron chi connectivity index (χ4n) is 1.49. The summed E-state index contributed by atoms with van der Waals surface area (Å²) >= 11 is 7.14. The number of carbonyl (C=O) groups excluding carboxylic acids is 2. The van der Waals surface area contributed by atoms with E-state index in [2.05, 4.69) is 10.1 Å². The highest BCUT2D eigenvalue weighted by Crippen LogP contribution is 2.23. The van der Waals surface area contributed by atoms with Crippen LogP contribution in [0.4, 0.5) is 5.69 Å². The van der Waals surface area contributed by atoms with E-state index in [-0.39, 0.29) is 5.91 Å². The molecule has 0 saturated heterocycles. The summed E-state index contributed by atoms with van der Waals surface area (Å²) in [5, 5.41) is 4.83. The van der Waals surface area contributed by atoms with E-state index in [1.165, 1.54) is 18.4 Å². The molecule has 0 aliphatic carbocycles. The van der Waals surface area contributed by atoms with Crippen molar-refractivity contribution in [2.75, 3.05) is 12.4 Å². The topological polar surface area (TPSA) is 55.4 Å². The molecular formula is C13H10ClNO3S. The molecule has 4 nitrogen and oxygen atoms in total. The molecule has 0 unspecified atom stereocenters. The van der Waals surface area contributed by atoms with Gasteiger partial charge in [0.2, 0.25) is 0 Å². The number of benzene rings is 1. The molecule has 6 heteroatoms. The average Bonchev–Trinajstić information content (AvgIpc) is 2.84. The summed E-state index contributed by atoms with van der Waals surface area (Å²) in [4.78, 5) is 23.8. The van der Waals surface area contributed by atoms with Gasteiger partial charge in [-0.25, -0.2) is 4.79 Å². The van der Waals surface area contributed by atoms with Gasteiger partial charge in [0, 0.05) is 5.69 Å². The average molecular weight is 296 g/mol. The summed E-state index contributed by atoms with van der Waals surface area (Å²) in [6.07, 6.45) is 0. The van der Waals surface area contributed by atoms with Gasteiger partial charge in [-0.2, -0.15) is 0 Å². The number of rotatable bonds is 3. The number of hydrogen-bond acceptors (Lipinski definition) is 4. The summed E-state index contributed by atoms with van der Waals surface area (Å²) in [5.74, 6) is -0.757. The van der Waals surface area contributed by atoms with Gasteiger partial charge in [-0.3, -0.25) is 4.79 Å². The Kier molecular flexibility index (Phi) is 4.19. The number of amides is 1. The minimum atomic E-state index is -0.453. The summed E-state index contributed by atoms with van der Waals surface area (Å²) < 4.78 is 4.62. The molecule has 0 atom stereocenters. The number of anilines is 1. The molecule has 1 amide bonds. The molecule has 0 aliphatic heterocycles. The third kappa shape index (κ3) is 3.13. The number of ether oxygens (including phenoxy) is 1. The smallest absolute Gasteiger partial charge is 0.337 e. The van der Waals surface area contributed by atoms with Crippen molar-refractivity contribution < 1.29 is 14.3 Å². The van der Waals surface area contributed by atoms with Gasteiger partial charge in [-0.1, -0.05) is 17.7 Å². The maximum atomic E-state index is 11.9. The van der Waals surface area contributed by atoms with Crippen LogP contribution in [0.15, 0.2) is 35.7 Å². The predicted octanol–water partition coefficient (Wildman–Crippen LogP) is 3.44. The maximum Gasteiger partial charge on any atom is 0.337 e. The normalized spacial score (nSPS) is 10.0. The van der Waals surface area contributed by atoms with Crippen LogP contribution in [0.5, 0.6) is 0 Å². The lowest BCUT2D eigenvalue weighted by atomic mass is 10.2. The summed E-state index contributed by atoms with van der Waals surface area (Å²) in [5.41, 5.74) is 0.884. The Hall–Kier alpha value is -1.85. The highest BCUT2D eigenvalue weighted by atomic mass is 35.5. The first-order valence-electron chi connectivity index (χ1n) is 5.34. The predicted molar refractivity (Wildman–Crippen MR) is 75.1 cm³/mol. The number of esters is 1. The molecule has 0 radical (unpaired) electrons. The first-order chi connectivity index (χ1) is 9.11. The first kappa shape index (κ1) is 13.6. The van der Waals surface area contributed by atoms with E-state index in [0.29, 0.717) is 21.2 Å². The zero-order valence-corrected chi connectivity index (χ0v) is 11.5. The maximum absolute atomic E-state index is 11.9. The van der Waals surface area contributed by atoms with E-state index in [4.69, 9.17) is 11.6 Å². The largest absolute Gasteiger partial charge is 0.465 e. The summed E-state index contributed by atoms with van der Waals surface area (Å²) in [6.45, 7) is 0. The Morgan fingerprint density at radius 1 is 1.32 bits per heavy atom. The van der Waals surface area contributed by atoms with E-state index in [1.54, 1.807) is 35.7 Å². The molecule has 1 N–H and O–H groups in total. The quantitative estimate of drug-likeness (QED) is 0.883. The van der Waals surface area contributed by atoms with Crippen molar-refractivity contribution in [1.82, 2.24) is 0 Å². The molecule has 2 aromatic rings. The van der Waals surface area contributed by atoms with Crippen LogP contribution in [0.25, 0.3) is 0 Å². The summed E-state index contributed by atoms with van der Waals surface area (Å²) in [6, 6.07) is 8.17. The van der Waals surface area contributed by atoms with Crippen molar-refractivity contribution in [2.45, 2.75) is 0 Å². The van der Waals surface area contributed by atoms with Crippen LogP contribution < -0.4 is 5.32 Å². The Bertz CT molecular complexity index is 624. The molecule has 19 heavy (non-hydrogen) atoms. The van der Waals surface area contributed by atoms with Crippen molar-refractivity contribution >= 4 is 40.5 Å². The Morgan fingerprint density at radius 3 is 2.74 bits per heavy atom. The highest BCUT2D eigenvalue weighted by molar-refractivity contribution is 7.12. The van der Waals surface area contributed by atoms with Gasteiger partial charge >= 0.3 is 5.97 Å². The molecule has 0 saturated carbocycles. The fraction of sp³-hybridized carbons (Fsp3) is 0.0769. The van der Waals surface area contributed by atoms with Gasteiger partial charge in [0.25, 0.3) is 5.91 Å². The Morgan fingerprint density at radius 2 is 2.11 bits per heavy atom. The van der Waals surface area contributed by atoms with Crippen molar-refractivity contribution in [3.8, 4) is 0 Å². The Labute approximate surface area is 119 Å². The third-order valence-corrected chi connectivity index (χ3v) is 3.71. The SMILES string of the molecule is COC(=O)c1cccc(NC(=O)c2sccc2Cl)c1. The minimum Gasteiger partial charge on any atom is -0.465 e. The van der Waals surface area contributed by atoms with Gasteiger partial charge in [0.1, 0.15) is 4.88 Å². The first-order valence-corrected chi connectivity index (χ1v) is 6.60. The molecule has 98 valence electrons. The van der Waals surface area contributed by atoms with E-state index in [0.717, 1.165) is 0 Å². The van der Waals surface area contributed by atoms with Crippen molar-refractivity contribution in [3.05, 3.63) is 51.2 Å². The molecule has 0 aliphatic rings. The molecule has 0 fully saturated rings. The number of hydrogen-bond donors (Lipinski definition) is 1. The molecule has 1 aromatic carbocycles. The van der Waals surface area contributed by atoms with Gasteiger partial charge in [0.15, 0.2) is 0 Å². The van der Waals surface area contributed by atoms with Gasteiger partial charge in [0.05, 0.1) is 17.7 Å². The number of halogens is 1. The van der Waals surface area contributed by atoms with Gasteiger partial charge in [-0.15, -0.1) is 11.3 Å². The van der Waals surface area contributed by atoms with Gasteiger partial charge < -0.3 is 10.1 Å².